The average molecular weight is 388 g/mol. The third-order valence-electron chi connectivity index (χ3n) is 4.97. The second-order valence-electron chi connectivity index (χ2n) is 7.92. The quantitative estimate of drug-likeness (QED) is 0.458. The number of aliphatic hydroxyl groups excluding tert-OH is 1. The highest BCUT2D eigenvalue weighted by atomic mass is 16.6. The third-order valence-corrected chi connectivity index (χ3v) is 4.97. The number of rotatable bonds is 6. The van der Waals surface area contributed by atoms with Gasteiger partial charge in [-0.15, -0.1) is 6.42 Å². The molecule has 2 rings (SSSR count). The van der Waals surface area contributed by atoms with E-state index in [2.05, 4.69) is 5.92 Å². The van der Waals surface area contributed by atoms with Crippen LogP contribution in [0.5, 0.6) is 5.75 Å². The lowest BCUT2D eigenvalue weighted by Gasteiger charge is -2.31. The van der Waals surface area contributed by atoms with Crippen molar-refractivity contribution >= 4 is 11.9 Å². The normalized spacial score (nSPS) is 21.8. The third kappa shape index (κ3) is 4.54. The molecule has 28 heavy (non-hydrogen) atoms. The lowest BCUT2D eigenvalue weighted by molar-refractivity contribution is -0.158. The first-order valence-corrected chi connectivity index (χ1v) is 9.27. The second-order valence-corrected chi connectivity index (χ2v) is 7.92. The molecule has 1 N–H and O–H groups in total. The lowest BCUT2D eigenvalue weighted by atomic mass is 9.78. The van der Waals surface area contributed by atoms with Crippen molar-refractivity contribution in [3.05, 3.63) is 28.8 Å². The van der Waals surface area contributed by atoms with Crippen LogP contribution in [0, 0.1) is 26.2 Å². The Morgan fingerprint density at radius 2 is 2.07 bits per heavy atom. The molecule has 2 atom stereocenters. The molecule has 0 aromatic heterocycles. The standard InChI is InChI=1S/C22H28O6/c1-7-22(13-23)18(8-9-26-22)28-19(25)12-21(5,6)20-15(3)10-14(2)11-17(20)27-16(4)24/h1,10-11,18,23H,8-9,12-13H2,2-6H3. The lowest BCUT2D eigenvalue weighted by Crippen LogP contribution is -2.44. The van der Waals surface area contributed by atoms with E-state index in [9.17, 15) is 14.7 Å². The van der Waals surface area contributed by atoms with E-state index in [1.165, 1.54) is 6.92 Å². The summed E-state index contributed by atoms with van der Waals surface area (Å²) in [6.45, 7) is 8.87. The minimum Gasteiger partial charge on any atom is -0.458 e. The molecule has 0 radical (unpaired) electrons. The Balaban J connectivity index is 2.25. The topological polar surface area (TPSA) is 82.1 Å². The van der Waals surface area contributed by atoms with Gasteiger partial charge in [0.2, 0.25) is 0 Å². The molecule has 0 aliphatic carbocycles. The summed E-state index contributed by atoms with van der Waals surface area (Å²) in [5.41, 5.74) is 0.713. The smallest absolute Gasteiger partial charge is 0.308 e. The first-order chi connectivity index (χ1) is 13.0. The van der Waals surface area contributed by atoms with Crippen molar-refractivity contribution in [3.63, 3.8) is 0 Å². The summed E-state index contributed by atoms with van der Waals surface area (Å²) in [5.74, 6) is 1.98. The van der Waals surface area contributed by atoms with E-state index < -0.39 is 35.7 Å². The molecule has 0 saturated carbocycles. The first-order valence-electron chi connectivity index (χ1n) is 9.27. The Labute approximate surface area is 166 Å². The number of ether oxygens (including phenoxy) is 3. The van der Waals surface area contributed by atoms with Crippen LogP contribution in [0.3, 0.4) is 0 Å². The zero-order chi connectivity index (χ0) is 21.1. The van der Waals surface area contributed by atoms with E-state index in [1.54, 1.807) is 6.07 Å². The average Bonchev–Trinajstić information content (AvgIpc) is 2.95. The molecule has 2 unspecified atom stereocenters. The minimum absolute atomic E-state index is 0.0494. The van der Waals surface area contributed by atoms with Crippen molar-refractivity contribution in [2.45, 2.75) is 64.6 Å². The fourth-order valence-electron chi connectivity index (χ4n) is 3.84. The fourth-order valence-corrected chi connectivity index (χ4v) is 3.84. The highest BCUT2D eigenvalue weighted by Crippen LogP contribution is 2.39. The number of hydrogen-bond donors (Lipinski definition) is 1. The summed E-state index contributed by atoms with van der Waals surface area (Å²) in [6.07, 6.45) is 5.27. The molecule has 1 fully saturated rings. The number of benzene rings is 1. The Kier molecular flexibility index (Phi) is 6.53. The molecule has 0 spiro atoms. The van der Waals surface area contributed by atoms with Gasteiger partial charge in [0.15, 0.2) is 5.60 Å². The molecule has 1 aliphatic heterocycles. The van der Waals surface area contributed by atoms with Gasteiger partial charge in [-0.25, -0.2) is 0 Å². The summed E-state index contributed by atoms with van der Waals surface area (Å²) < 4.78 is 16.4. The van der Waals surface area contributed by atoms with E-state index in [1.807, 2.05) is 33.8 Å². The summed E-state index contributed by atoms with van der Waals surface area (Å²) in [6, 6.07) is 3.77. The van der Waals surface area contributed by atoms with Crippen LogP contribution in [-0.4, -0.2) is 42.0 Å². The number of aliphatic hydroxyl groups is 1. The van der Waals surface area contributed by atoms with E-state index in [4.69, 9.17) is 20.6 Å². The number of aryl methyl sites for hydroxylation is 2. The number of terminal acetylenes is 1. The number of carbonyl (C=O) groups is 2. The Morgan fingerprint density at radius 3 is 2.64 bits per heavy atom. The van der Waals surface area contributed by atoms with Crippen molar-refractivity contribution in [1.29, 1.82) is 0 Å². The molecule has 1 aromatic rings. The van der Waals surface area contributed by atoms with Gasteiger partial charge in [0, 0.05) is 24.3 Å². The van der Waals surface area contributed by atoms with Crippen molar-refractivity contribution in [2.24, 2.45) is 0 Å². The molecule has 1 saturated heterocycles. The summed E-state index contributed by atoms with van der Waals surface area (Å²) >= 11 is 0. The van der Waals surface area contributed by atoms with Crippen LogP contribution in [0.15, 0.2) is 12.1 Å². The van der Waals surface area contributed by atoms with E-state index >= 15 is 0 Å². The minimum atomic E-state index is -1.29. The van der Waals surface area contributed by atoms with Crippen LogP contribution in [0.4, 0.5) is 0 Å². The highest BCUT2D eigenvalue weighted by molar-refractivity contribution is 5.74. The molecule has 1 aliphatic rings. The van der Waals surface area contributed by atoms with Crippen LogP contribution in [0.1, 0.15) is 50.3 Å². The maximum Gasteiger partial charge on any atom is 0.308 e. The molecular formula is C22H28O6. The Morgan fingerprint density at radius 1 is 1.39 bits per heavy atom. The SMILES string of the molecule is C#CC1(CO)OCCC1OC(=O)CC(C)(C)c1c(C)cc(C)cc1OC(C)=O. The monoisotopic (exact) mass is 388 g/mol. The predicted molar refractivity (Wildman–Crippen MR) is 104 cm³/mol. The molecule has 1 heterocycles. The number of esters is 2. The van der Waals surface area contributed by atoms with Crippen molar-refractivity contribution in [3.8, 4) is 18.1 Å². The van der Waals surface area contributed by atoms with Gasteiger partial charge in [0.05, 0.1) is 19.6 Å². The maximum atomic E-state index is 12.7. The molecule has 0 bridgehead atoms. The number of carbonyl (C=O) groups excluding carboxylic acids is 2. The largest absolute Gasteiger partial charge is 0.458 e. The summed E-state index contributed by atoms with van der Waals surface area (Å²) in [7, 11) is 0. The first kappa shape index (κ1) is 21.9. The summed E-state index contributed by atoms with van der Waals surface area (Å²) in [4.78, 5) is 24.2. The molecule has 6 heteroatoms. The number of hydrogen-bond acceptors (Lipinski definition) is 6. The van der Waals surface area contributed by atoms with Gasteiger partial charge in [-0.3, -0.25) is 9.59 Å². The van der Waals surface area contributed by atoms with Crippen molar-refractivity contribution in [2.75, 3.05) is 13.2 Å². The van der Waals surface area contributed by atoms with Crippen LogP contribution in [0.25, 0.3) is 0 Å². The van der Waals surface area contributed by atoms with Gasteiger partial charge in [0.1, 0.15) is 11.9 Å². The van der Waals surface area contributed by atoms with Gasteiger partial charge in [0.25, 0.3) is 0 Å². The van der Waals surface area contributed by atoms with Gasteiger partial charge in [-0.05, 0) is 31.0 Å². The predicted octanol–water partition coefficient (Wildman–Crippen LogP) is 2.59. The van der Waals surface area contributed by atoms with E-state index in [0.717, 1.165) is 16.7 Å². The zero-order valence-corrected chi connectivity index (χ0v) is 17.1. The molecule has 152 valence electrons. The van der Waals surface area contributed by atoms with Gasteiger partial charge >= 0.3 is 11.9 Å². The molecule has 1 aromatic carbocycles. The second kappa shape index (κ2) is 8.34. The molecular weight excluding hydrogens is 360 g/mol. The Bertz CT molecular complexity index is 804. The van der Waals surface area contributed by atoms with Crippen LogP contribution < -0.4 is 4.74 Å². The molecule has 0 amide bonds. The van der Waals surface area contributed by atoms with E-state index in [0.29, 0.717) is 18.8 Å². The van der Waals surface area contributed by atoms with E-state index in [-0.39, 0.29) is 6.42 Å². The van der Waals surface area contributed by atoms with Crippen LogP contribution in [-0.2, 0) is 24.5 Å². The summed E-state index contributed by atoms with van der Waals surface area (Å²) in [5, 5.41) is 9.59. The van der Waals surface area contributed by atoms with Crippen molar-refractivity contribution in [1.82, 2.24) is 0 Å². The van der Waals surface area contributed by atoms with Gasteiger partial charge in [-0.1, -0.05) is 25.8 Å². The Hall–Kier alpha value is -2.36. The van der Waals surface area contributed by atoms with Crippen molar-refractivity contribution < 1.29 is 28.9 Å². The maximum absolute atomic E-state index is 12.7. The zero-order valence-electron chi connectivity index (χ0n) is 17.1. The van der Waals surface area contributed by atoms with Gasteiger partial charge < -0.3 is 19.3 Å². The van der Waals surface area contributed by atoms with Gasteiger partial charge in [-0.2, -0.15) is 0 Å². The fraction of sp³-hybridized carbons (Fsp3) is 0.545. The molecule has 6 nitrogen and oxygen atoms in total. The highest BCUT2D eigenvalue weighted by Gasteiger charge is 2.46. The van der Waals surface area contributed by atoms with Crippen LogP contribution >= 0.6 is 0 Å². The van der Waals surface area contributed by atoms with Crippen LogP contribution in [0.2, 0.25) is 0 Å².